The molecule has 2 aliphatic heterocycles. The summed E-state index contributed by atoms with van der Waals surface area (Å²) >= 11 is 0. The molecule has 0 unspecified atom stereocenters. The Morgan fingerprint density at radius 3 is 2.82 bits per heavy atom. The summed E-state index contributed by atoms with van der Waals surface area (Å²) < 4.78 is 30.2. The zero-order chi connectivity index (χ0) is 19.5. The van der Waals surface area contributed by atoms with Crippen molar-refractivity contribution in [2.45, 2.75) is 19.4 Å². The lowest BCUT2D eigenvalue weighted by Crippen LogP contribution is -2.38. The van der Waals surface area contributed by atoms with Crippen LogP contribution < -0.4 is 14.2 Å². The van der Waals surface area contributed by atoms with Gasteiger partial charge in [-0.15, -0.1) is 0 Å². The Morgan fingerprint density at radius 2 is 2.00 bits per heavy atom. The molecule has 2 aromatic rings. The average Bonchev–Trinajstić information content (AvgIpc) is 2.73. The molecule has 0 amide bonds. The maximum absolute atomic E-state index is 13.7. The number of hydrogen-bond acceptors (Lipinski definition) is 5. The van der Waals surface area contributed by atoms with Gasteiger partial charge in [-0.3, -0.25) is 9.69 Å². The number of rotatable bonds is 5. The van der Waals surface area contributed by atoms with E-state index in [2.05, 4.69) is 4.90 Å². The fourth-order valence-corrected chi connectivity index (χ4v) is 3.95. The highest BCUT2D eigenvalue weighted by molar-refractivity contribution is 6.00. The normalized spacial score (nSPS) is 19.3. The van der Waals surface area contributed by atoms with Crippen LogP contribution in [-0.2, 0) is 6.54 Å². The number of halogens is 1. The minimum Gasteiger partial charge on any atom is -0.496 e. The third-order valence-corrected chi connectivity index (χ3v) is 5.32. The number of likely N-dealkylation sites (tertiary alicyclic amines) is 1. The molecule has 1 atom stereocenters. The summed E-state index contributed by atoms with van der Waals surface area (Å²) in [5.41, 5.74) is 1.45. The van der Waals surface area contributed by atoms with Crippen molar-refractivity contribution in [1.29, 1.82) is 0 Å². The van der Waals surface area contributed by atoms with Gasteiger partial charge in [0, 0.05) is 19.0 Å². The molecule has 1 fully saturated rings. The third-order valence-electron chi connectivity index (χ3n) is 5.32. The van der Waals surface area contributed by atoms with E-state index >= 15 is 0 Å². The van der Waals surface area contributed by atoms with E-state index in [1.165, 1.54) is 25.3 Å². The number of fused-ring (bicyclic) bond motifs is 1. The van der Waals surface area contributed by atoms with Crippen molar-refractivity contribution in [2.24, 2.45) is 5.92 Å². The van der Waals surface area contributed by atoms with Gasteiger partial charge in [0.25, 0.3) is 0 Å². The lowest BCUT2D eigenvalue weighted by atomic mass is 9.89. The number of hydrogen-bond donors (Lipinski definition) is 0. The number of methoxy groups -OCH3 is 1. The molecule has 0 saturated carbocycles. The monoisotopic (exact) mass is 385 g/mol. The molecule has 2 aliphatic rings. The first kappa shape index (κ1) is 18.7. The van der Waals surface area contributed by atoms with Crippen LogP contribution in [-0.4, -0.2) is 44.1 Å². The van der Waals surface area contributed by atoms with Crippen molar-refractivity contribution in [3.63, 3.8) is 0 Å². The van der Waals surface area contributed by atoms with Crippen LogP contribution in [0.4, 0.5) is 4.39 Å². The Kier molecular flexibility index (Phi) is 5.48. The van der Waals surface area contributed by atoms with E-state index in [0.717, 1.165) is 43.0 Å². The van der Waals surface area contributed by atoms with Crippen LogP contribution >= 0.6 is 0 Å². The van der Waals surface area contributed by atoms with E-state index in [4.69, 9.17) is 14.2 Å². The summed E-state index contributed by atoms with van der Waals surface area (Å²) in [4.78, 5) is 15.3. The zero-order valence-corrected chi connectivity index (χ0v) is 15.9. The number of nitrogens with zero attached hydrogens (tertiary/aromatic N) is 1. The van der Waals surface area contributed by atoms with Gasteiger partial charge in [-0.05, 0) is 55.3 Å². The fourth-order valence-electron chi connectivity index (χ4n) is 3.95. The van der Waals surface area contributed by atoms with E-state index < -0.39 is 5.82 Å². The number of piperidine rings is 1. The number of ether oxygens (including phenoxy) is 3. The van der Waals surface area contributed by atoms with Gasteiger partial charge in [0.1, 0.15) is 24.8 Å². The lowest BCUT2D eigenvalue weighted by Gasteiger charge is -2.32. The maximum Gasteiger partial charge on any atom is 0.171 e. The number of carbonyl (C=O) groups is 1. The van der Waals surface area contributed by atoms with Crippen molar-refractivity contribution in [2.75, 3.05) is 33.4 Å². The van der Waals surface area contributed by atoms with Gasteiger partial charge in [0.05, 0.1) is 12.7 Å². The van der Waals surface area contributed by atoms with Crippen molar-refractivity contribution >= 4 is 5.78 Å². The van der Waals surface area contributed by atoms with Crippen LogP contribution in [0.1, 0.15) is 28.8 Å². The van der Waals surface area contributed by atoms with Gasteiger partial charge in [0.2, 0.25) is 0 Å². The summed E-state index contributed by atoms with van der Waals surface area (Å²) in [6, 6.07) is 10.1. The first-order valence-corrected chi connectivity index (χ1v) is 9.62. The molecule has 5 nitrogen and oxygen atoms in total. The highest BCUT2D eigenvalue weighted by Crippen LogP contribution is 2.32. The van der Waals surface area contributed by atoms with Gasteiger partial charge in [-0.1, -0.05) is 6.07 Å². The molecule has 2 aromatic carbocycles. The summed E-state index contributed by atoms with van der Waals surface area (Å²) in [5, 5.41) is 0. The molecular weight excluding hydrogens is 361 g/mol. The zero-order valence-electron chi connectivity index (χ0n) is 15.9. The van der Waals surface area contributed by atoms with Crippen LogP contribution in [0.2, 0.25) is 0 Å². The first-order chi connectivity index (χ1) is 13.6. The number of benzene rings is 2. The summed E-state index contributed by atoms with van der Waals surface area (Å²) in [6.07, 6.45) is 1.73. The Labute approximate surface area is 164 Å². The van der Waals surface area contributed by atoms with E-state index in [-0.39, 0.29) is 11.7 Å². The molecule has 6 heteroatoms. The predicted molar refractivity (Wildman–Crippen MR) is 103 cm³/mol. The number of carbonyl (C=O) groups excluding carboxylic acids is 1. The van der Waals surface area contributed by atoms with Crippen molar-refractivity contribution in [1.82, 2.24) is 4.90 Å². The third kappa shape index (κ3) is 3.97. The molecule has 28 heavy (non-hydrogen) atoms. The van der Waals surface area contributed by atoms with Gasteiger partial charge in [-0.25, -0.2) is 4.39 Å². The van der Waals surface area contributed by atoms with Gasteiger partial charge in [-0.2, -0.15) is 0 Å². The minimum atomic E-state index is -0.423. The predicted octanol–water partition coefficient (Wildman–Crippen LogP) is 3.70. The minimum absolute atomic E-state index is 0.0526. The lowest BCUT2D eigenvalue weighted by molar-refractivity contribution is 0.0807. The Hall–Kier alpha value is -2.60. The van der Waals surface area contributed by atoms with Crippen LogP contribution in [0.5, 0.6) is 17.2 Å². The van der Waals surface area contributed by atoms with E-state index in [9.17, 15) is 9.18 Å². The summed E-state index contributed by atoms with van der Waals surface area (Å²) in [7, 11) is 1.50. The van der Waals surface area contributed by atoms with Gasteiger partial charge >= 0.3 is 0 Å². The van der Waals surface area contributed by atoms with Crippen molar-refractivity contribution in [3.8, 4) is 17.2 Å². The van der Waals surface area contributed by atoms with Gasteiger partial charge in [0.15, 0.2) is 17.3 Å². The molecule has 0 aliphatic carbocycles. The Balaban J connectivity index is 1.46. The maximum atomic E-state index is 13.7. The summed E-state index contributed by atoms with van der Waals surface area (Å²) in [5.74, 6) is 1.34. The smallest absolute Gasteiger partial charge is 0.171 e. The SMILES string of the molecule is COc1ccc(F)cc1C(=O)[C@@H]1CCCN(Cc2ccc3c(c2)OCCO3)C1. The van der Waals surface area contributed by atoms with Gasteiger partial charge < -0.3 is 14.2 Å². The largest absolute Gasteiger partial charge is 0.496 e. The Bertz CT molecular complexity index is 870. The second-order valence-corrected chi connectivity index (χ2v) is 7.26. The second-order valence-electron chi connectivity index (χ2n) is 7.26. The van der Waals surface area contributed by atoms with Crippen LogP contribution in [0, 0.1) is 11.7 Å². The molecule has 0 spiro atoms. The molecule has 0 N–H and O–H groups in total. The fraction of sp³-hybridized carbons (Fsp3) is 0.409. The summed E-state index contributed by atoms with van der Waals surface area (Å²) in [6.45, 7) is 3.45. The molecular formula is C22H24FNO4. The molecule has 0 aromatic heterocycles. The second kappa shape index (κ2) is 8.19. The Morgan fingerprint density at radius 1 is 1.18 bits per heavy atom. The highest BCUT2D eigenvalue weighted by Gasteiger charge is 2.29. The number of ketones is 1. The van der Waals surface area contributed by atoms with Crippen LogP contribution in [0.25, 0.3) is 0 Å². The van der Waals surface area contributed by atoms with Crippen molar-refractivity contribution in [3.05, 3.63) is 53.3 Å². The van der Waals surface area contributed by atoms with E-state index in [1.807, 2.05) is 18.2 Å². The molecule has 148 valence electrons. The van der Waals surface area contributed by atoms with E-state index in [0.29, 0.717) is 31.1 Å². The standard InChI is InChI=1S/C22H24FNO4/c1-26-19-7-5-17(23)12-18(19)22(25)16-3-2-8-24(14-16)13-15-4-6-20-21(11-15)28-10-9-27-20/h4-7,11-12,16H,2-3,8-10,13-14H2,1H3/t16-/m1/s1. The average molecular weight is 385 g/mol. The highest BCUT2D eigenvalue weighted by atomic mass is 19.1. The van der Waals surface area contributed by atoms with Crippen molar-refractivity contribution < 1.29 is 23.4 Å². The quantitative estimate of drug-likeness (QED) is 0.735. The molecule has 1 saturated heterocycles. The topological polar surface area (TPSA) is 48.0 Å². The van der Waals surface area contributed by atoms with E-state index in [1.54, 1.807) is 0 Å². The first-order valence-electron chi connectivity index (χ1n) is 9.62. The van der Waals surface area contributed by atoms with Crippen LogP contribution in [0.15, 0.2) is 36.4 Å². The molecule has 2 heterocycles. The number of Topliss-reactive ketones (excluding diaryl/α,β-unsaturated/α-hetero) is 1. The molecule has 0 radical (unpaired) electrons. The molecule has 0 bridgehead atoms. The molecule has 4 rings (SSSR count). The van der Waals surface area contributed by atoms with Crippen LogP contribution in [0.3, 0.4) is 0 Å².